The molecule has 0 heterocycles. The minimum absolute atomic E-state index is 0.167. The zero-order chi connectivity index (χ0) is 12.5. The summed E-state index contributed by atoms with van der Waals surface area (Å²) in [5.41, 5.74) is 0.510. The first kappa shape index (κ1) is 12.1. The first-order chi connectivity index (χ1) is 8.07. The third-order valence-electron chi connectivity index (χ3n) is 3.72. The number of carbonyl (C=O) groups excluding carboxylic acids is 2. The Kier molecular flexibility index (Phi) is 3.18. The lowest BCUT2D eigenvalue weighted by Gasteiger charge is -2.30. The third-order valence-corrected chi connectivity index (χ3v) is 3.72. The van der Waals surface area contributed by atoms with E-state index in [0.717, 1.165) is 31.3 Å². The molecular formula is C14H18O3. The predicted molar refractivity (Wildman–Crippen MR) is 64.4 cm³/mol. The largest absolute Gasteiger partial charge is 0.455 e. The summed E-state index contributed by atoms with van der Waals surface area (Å²) < 4.78 is 5.56. The number of ketones is 1. The summed E-state index contributed by atoms with van der Waals surface area (Å²) in [6.07, 6.45) is 7.44. The van der Waals surface area contributed by atoms with Crippen LogP contribution in [0.5, 0.6) is 0 Å². The van der Waals surface area contributed by atoms with E-state index in [9.17, 15) is 9.59 Å². The molecule has 2 rings (SSSR count). The van der Waals surface area contributed by atoms with Crippen molar-refractivity contribution < 1.29 is 14.3 Å². The standard InChI is InChI=1S/C14H18O3/c1-3-4-6-14(17-10(2)15)7-5-11-8-12(16)9-13(11)14/h3,9,11H,1,4-8H2,2H3/t11-,14-/m0/s1. The maximum absolute atomic E-state index is 11.5. The fraction of sp³-hybridized carbons (Fsp3) is 0.571. The third kappa shape index (κ3) is 2.19. The zero-order valence-electron chi connectivity index (χ0n) is 10.2. The zero-order valence-corrected chi connectivity index (χ0v) is 10.2. The monoisotopic (exact) mass is 234 g/mol. The highest BCUT2D eigenvalue weighted by molar-refractivity contribution is 5.94. The van der Waals surface area contributed by atoms with Crippen LogP contribution in [0.3, 0.4) is 0 Å². The molecule has 0 saturated heterocycles. The van der Waals surface area contributed by atoms with Crippen molar-refractivity contribution in [2.24, 2.45) is 5.92 Å². The summed E-state index contributed by atoms with van der Waals surface area (Å²) in [5.74, 6) is 0.196. The molecule has 0 N–H and O–H groups in total. The lowest BCUT2D eigenvalue weighted by molar-refractivity contribution is -0.153. The highest BCUT2D eigenvalue weighted by Gasteiger charge is 2.48. The molecule has 0 bridgehead atoms. The lowest BCUT2D eigenvalue weighted by Crippen LogP contribution is -2.33. The quantitative estimate of drug-likeness (QED) is 0.554. The molecule has 0 aromatic heterocycles. The van der Waals surface area contributed by atoms with Gasteiger partial charge in [0.25, 0.3) is 0 Å². The van der Waals surface area contributed by atoms with E-state index in [1.54, 1.807) is 6.08 Å². The van der Waals surface area contributed by atoms with E-state index in [4.69, 9.17) is 4.74 Å². The van der Waals surface area contributed by atoms with E-state index in [2.05, 4.69) is 6.58 Å². The number of carbonyl (C=O) groups is 2. The summed E-state index contributed by atoms with van der Waals surface area (Å²) >= 11 is 0. The van der Waals surface area contributed by atoms with Crippen LogP contribution in [0, 0.1) is 5.92 Å². The van der Waals surface area contributed by atoms with Crippen LogP contribution in [0.25, 0.3) is 0 Å². The molecule has 92 valence electrons. The number of fused-ring (bicyclic) bond motifs is 1. The fourth-order valence-corrected chi connectivity index (χ4v) is 3.06. The van der Waals surface area contributed by atoms with Crippen LogP contribution in [0.2, 0.25) is 0 Å². The van der Waals surface area contributed by atoms with E-state index in [0.29, 0.717) is 12.3 Å². The van der Waals surface area contributed by atoms with Crippen molar-refractivity contribution in [1.29, 1.82) is 0 Å². The number of rotatable bonds is 4. The second kappa shape index (κ2) is 4.47. The van der Waals surface area contributed by atoms with Crippen LogP contribution in [0.1, 0.15) is 39.0 Å². The maximum atomic E-state index is 11.5. The maximum Gasteiger partial charge on any atom is 0.303 e. The topological polar surface area (TPSA) is 43.4 Å². The molecule has 2 aliphatic rings. The van der Waals surface area contributed by atoms with E-state index in [1.807, 2.05) is 6.08 Å². The second-order valence-corrected chi connectivity index (χ2v) is 4.92. The number of allylic oxidation sites excluding steroid dienone is 2. The molecule has 2 aliphatic carbocycles. The predicted octanol–water partition coefficient (Wildman–Crippen LogP) is 2.56. The highest BCUT2D eigenvalue weighted by atomic mass is 16.6. The van der Waals surface area contributed by atoms with Gasteiger partial charge in [-0.3, -0.25) is 9.59 Å². The molecule has 0 spiro atoms. The van der Waals surface area contributed by atoms with Gasteiger partial charge in [-0.1, -0.05) is 6.08 Å². The minimum atomic E-state index is -0.531. The van der Waals surface area contributed by atoms with Crippen molar-refractivity contribution in [1.82, 2.24) is 0 Å². The van der Waals surface area contributed by atoms with Gasteiger partial charge in [0, 0.05) is 13.3 Å². The van der Waals surface area contributed by atoms with Crippen molar-refractivity contribution in [3.05, 3.63) is 24.3 Å². The molecule has 2 atom stereocenters. The molecule has 0 aliphatic heterocycles. The van der Waals surface area contributed by atoms with E-state index < -0.39 is 5.60 Å². The van der Waals surface area contributed by atoms with E-state index in [-0.39, 0.29) is 11.8 Å². The summed E-state index contributed by atoms with van der Waals surface area (Å²) in [6.45, 7) is 5.14. The molecule has 0 aromatic carbocycles. The van der Waals surface area contributed by atoms with Gasteiger partial charge in [-0.2, -0.15) is 0 Å². The summed E-state index contributed by atoms with van der Waals surface area (Å²) in [6, 6.07) is 0. The molecule has 0 radical (unpaired) electrons. The highest BCUT2D eigenvalue weighted by Crippen LogP contribution is 2.49. The van der Waals surface area contributed by atoms with Crippen molar-refractivity contribution in [3.63, 3.8) is 0 Å². The first-order valence-corrected chi connectivity index (χ1v) is 6.13. The van der Waals surface area contributed by atoms with Crippen LogP contribution >= 0.6 is 0 Å². The molecular weight excluding hydrogens is 216 g/mol. The van der Waals surface area contributed by atoms with Crippen molar-refractivity contribution >= 4 is 11.8 Å². The molecule has 0 amide bonds. The van der Waals surface area contributed by atoms with Gasteiger partial charge < -0.3 is 4.74 Å². The molecule has 3 heteroatoms. The van der Waals surface area contributed by atoms with Crippen molar-refractivity contribution in [3.8, 4) is 0 Å². The molecule has 1 fully saturated rings. The van der Waals surface area contributed by atoms with Gasteiger partial charge in [-0.25, -0.2) is 0 Å². The Labute approximate surface area is 102 Å². The Bertz CT molecular complexity index is 394. The van der Waals surface area contributed by atoms with Crippen LogP contribution in [0.4, 0.5) is 0 Å². The summed E-state index contributed by atoms with van der Waals surface area (Å²) in [5, 5.41) is 0. The number of hydrogen-bond acceptors (Lipinski definition) is 3. The van der Waals surface area contributed by atoms with E-state index >= 15 is 0 Å². The SMILES string of the molecule is C=CCC[C@]1(OC(C)=O)CC[C@H]2CC(=O)C=C21. The van der Waals surface area contributed by atoms with Crippen molar-refractivity contribution in [2.75, 3.05) is 0 Å². The van der Waals surface area contributed by atoms with Gasteiger partial charge in [0.05, 0.1) is 0 Å². The molecule has 3 nitrogen and oxygen atoms in total. The van der Waals surface area contributed by atoms with Crippen molar-refractivity contribution in [2.45, 2.75) is 44.6 Å². The minimum Gasteiger partial charge on any atom is -0.455 e. The smallest absolute Gasteiger partial charge is 0.303 e. The molecule has 0 unspecified atom stereocenters. The Balaban J connectivity index is 2.26. The second-order valence-electron chi connectivity index (χ2n) is 4.92. The number of esters is 1. The molecule has 17 heavy (non-hydrogen) atoms. The molecule has 1 saturated carbocycles. The first-order valence-electron chi connectivity index (χ1n) is 6.13. The van der Waals surface area contributed by atoms with Gasteiger partial charge in [0.1, 0.15) is 5.60 Å². The summed E-state index contributed by atoms with van der Waals surface area (Å²) in [7, 11) is 0. The number of hydrogen-bond donors (Lipinski definition) is 0. The normalized spacial score (nSPS) is 31.0. The van der Waals surface area contributed by atoms with Gasteiger partial charge in [0.15, 0.2) is 5.78 Å². The van der Waals surface area contributed by atoms with Gasteiger partial charge in [-0.05, 0) is 43.3 Å². The average molecular weight is 234 g/mol. The Morgan fingerprint density at radius 1 is 1.71 bits per heavy atom. The van der Waals surface area contributed by atoms with Gasteiger partial charge in [0.2, 0.25) is 0 Å². The van der Waals surface area contributed by atoms with Crippen LogP contribution in [0.15, 0.2) is 24.3 Å². The Morgan fingerprint density at radius 2 is 2.47 bits per heavy atom. The number of ether oxygens (including phenoxy) is 1. The molecule has 0 aromatic rings. The van der Waals surface area contributed by atoms with Crippen LogP contribution < -0.4 is 0 Å². The summed E-state index contributed by atoms with van der Waals surface area (Å²) in [4.78, 5) is 22.7. The van der Waals surface area contributed by atoms with Crippen LogP contribution in [-0.4, -0.2) is 17.4 Å². The Morgan fingerprint density at radius 3 is 3.12 bits per heavy atom. The van der Waals surface area contributed by atoms with Crippen LogP contribution in [-0.2, 0) is 14.3 Å². The average Bonchev–Trinajstić information content (AvgIpc) is 2.75. The van der Waals surface area contributed by atoms with Gasteiger partial charge >= 0.3 is 5.97 Å². The Hall–Kier alpha value is -1.38. The van der Waals surface area contributed by atoms with Gasteiger partial charge in [-0.15, -0.1) is 6.58 Å². The fourth-order valence-electron chi connectivity index (χ4n) is 3.06. The lowest BCUT2D eigenvalue weighted by atomic mass is 9.90. The van der Waals surface area contributed by atoms with E-state index in [1.165, 1.54) is 6.92 Å².